The Bertz CT molecular complexity index is 1130. The fraction of sp³-hybridized carbons (Fsp3) is 0.462. The highest BCUT2D eigenvalue weighted by atomic mass is 16.5. The molecule has 35 heavy (non-hydrogen) atoms. The third-order valence-corrected chi connectivity index (χ3v) is 6.78. The van der Waals surface area contributed by atoms with Gasteiger partial charge in [0.2, 0.25) is 0 Å². The maximum absolute atomic E-state index is 12.5. The summed E-state index contributed by atoms with van der Waals surface area (Å²) in [5.41, 5.74) is 3.74. The van der Waals surface area contributed by atoms with Crippen LogP contribution in [0.3, 0.4) is 0 Å². The van der Waals surface area contributed by atoms with Crippen LogP contribution in [0.25, 0.3) is 0 Å². The summed E-state index contributed by atoms with van der Waals surface area (Å²) in [6.07, 6.45) is 9.35. The van der Waals surface area contributed by atoms with Crippen molar-refractivity contribution in [1.29, 1.82) is 0 Å². The molecular formula is C26H31N5O4. The second-order valence-electron chi connectivity index (χ2n) is 9.43. The van der Waals surface area contributed by atoms with Gasteiger partial charge in [-0.25, -0.2) is 15.0 Å². The number of carbonyl (C=O) groups excluding carboxylic acids is 1. The van der Waals surface area contributed by atoms with Gasteiger partial charge in [0.25, 0.3) is 5.91 Å². The summed E-state index contributed by atoms with van der Waals surface area (Å²) in [7, 11) is 0. The van der Waals surface area contributed by atoms with E-state index in [1.165, 1.54) is 43.1 Å². The lowest BCUT2D eigenvalue weighted by Crippen LogP contribution is -2.42. The van der Waals surface area contributed by atoms with Gasteiger partial charge >= 0.3 is 0 Å². The molecule has 5 rings (SSSR count). The minimum Gasteiger partial charge on any atom is -0.486 e. The van der Waals surface area contributed by atoms with E-state index < -0.39 is 6.10 Å². The number of rotatable bonds is 10. The van der Waals surface area contributed by atoms with Crippen molar-refractivity contribution in [3.05, 3.63) is 71.5 Å². The molecule has 2 aliphatic rings. The molecule has 3 aromatic rings. The monoisotopic (exact) mass is 477 g/mol. The average Bonchev–Trinajstić information content (AvgIpc) is 3.37. The average molecular weight is 478 g/mol. The Kier molecular flexibility index (Phi) is 7.34. The van der Waals surface area contributed by atoms with Crippen molar-refractivity contribution in [1.82, 2.24) is 25.2 Å². The topological polar surface area (TPSA) is 114 Å². The summed E-state index contributed by atoms with van der Waals surface area (Å²) < 4.78 is 11.0. The lowest BCUT2D eigenvalue weighted by atomic mass is 9.82. The number of amides is 1. The van der Waals surface area contributed by atoms with Crippen LogP contribution in [-0.2, 0) is 26.0 Å². The molecule has 9 heteroatoms. The highest BCUT2D eigenvalue weighted by Crippen LogP contribution is 2.29. The molecule has 9 nitrogen and oxygen atoms in total. The van der Waals surface area contributed by atoms with E-state index >= 15 is 0 Å². The molecule has 2 aromatic heterocycles. The van der Waals surface area contributed by atoms with E-state index in [9.17, 15) is 9.90 Å². The minimum absolute atomic E-state index is 0.179. The normalized spacial score (nSPS) is 16.8. The molecular weight excluding hydrogens is 446 g/mol. The van der Waals surface area contributed by atoms with Crippen LogP contribution in [0.1, 0.15) is 52.3 Å². The standard InChI is InChI=1S/C26H31N5O4/c32-22(11-28-26(33)25-10-21(29-16-30-25)8-18-2-1-3-18)14-31-7-6-19-9-23(5-4-20(19)13-31)34-15-24-12-27-17-35-24/h4-5,9-10,12,16-18,22,32H,1-3,6-8,11,13-15H2,(H,28,33)/t22-/m0/s1. The zero-order valence-electron chi connectivity index (χ0n) is 19.7. The SMILES string of the molecule is O=C(NC[C@H](O)CN1CCc2cc(OCc3cnco3)ccc2C1)c1cc(CC2CCC2)ncn1. The van der Waals surface area contributed by atoms with Gasteiger partial charge in [0.1, 0.15) is 24.4 Å². The minimum atomic E-state index is -0.665. The van der Waals surface area contributed by atoms with Gasteiger partial charge in [0.15, 0.2) is 12.2 Å². The number of nitrogens with zero attached hydrogens (tertiary/aromatic N) is 4. The van der Waals surface area contributed by atoms with E-state index in [4.69, 9.17) is 9.15 Å². The molecule has 1 fully saturated rings. The summed E-state index contributed by atoms with van der Waals surface area (Å²) in [5.74, 6) is 1.89. The first-order valence-corrected chi connectivity index (χ1v) is 12.2. The van der Waals surface area contributed by atoms with Gasteiger partial charge in [-0.15, -0.1) is 0 Å². The third-order valence-electron chi connectivity index (χ3n) is 6.78. The molecule has 0 bridgehead atoms. The van der Waals surface area contributed by atoms with Gasteiger partial charge in [-0.05, 0) is 48.1 Å². The number of aromatic nitrogens is 3. The van der Waals surface area contributed by atoms with Crippen LogP contribution in [0.4, 0.5) is 0 Å². The number of benzene rings is 1. The Morgan fingerprint density at radius 2 is 2.17 bits per heavy atom. The molecule has 1 aromatic carbocycles. The van der Waals surface area contributed by atoms with E-state index in [2.05, 4.69) is 37.3 Å². The molecule has 1 amide bonds. The molecule has 0 unspecified atom stereocenters. The smallest absolute Gasteiger partial charge is 0.270 e. The predicted octanol–water partition coefficient (Wildman–Crippen LogP) is 2.54. The van der Waals surface area contributed by atoms with Crippen molar-refractivity contribution < 1.29 is 19.1 Å². The quantitative estimate of drug-likeness (QED) is 0.458. The Labute approximate surface area is 204 Å². The summed E-state index contributed by atoms with van der Waals surface area (Å²) >= 11 is 0. The summed E-state index contributed by atoms with van der Waals surface area (Å²) in [5, 5.41) is 13.4. The fourth-order valence-corrected chi connectivity index (χ4v) is 4.59. The van der Waals surface area contributed by atoms with Gasteiger partial charge < -0.3 is 19.6 Å². The van der Waals surface area contributed by atoms with Crippen LogP contribution in [0.5, 0.6) is 5.75 Å². The van der Waals surface area contributed by atoms with E-state index in [1.807, 2.05) is 6.07 Å². The molecule has 3 heterocycles. The number of hydrogen-bond acceptors (Lipinski definition) is 8. The molecule has 0 spiro atoms. The number of fused-ring (bicyclic) bond motifs is 1. The zero-order valence-corrected chi connectivity index (χ0v) is 19.7. The van der Waals surface area contributed by atoms with Crippen molar-refractivity contribution in [2.24, 2.45) is 5.92 Å². The Morgan fingerprint density at radius 3 is 2.97 bits per heavy atom. The first-order chi connectivity index (χ1) is 17.1. The Balaban J connectivity index is 1.07. The molecule has 0 saturated heterocycles. The molecule has 0 radical (unpaired) electrons. The molecule has 1 aliphatic heterocycles. The van der Waals surface area contributed by atoms with Gasteiger partial charge in [-0.1, -0.05) is 25.3 Å². The number of carbonyl (C=O) groups is 1. The summed E-state index contributed by atoms with van der Waals surface area (Å²) in [6, 6.07) is 7.86. The number of hydrogen-bond donors (Lipinski definition) is 2. The van der Waals surface area contributed by atoms with E-state index in [0.29, 0.717) is 30.5 Å². The third kappa shape index (κ3) is 6.23. The number of aliphatic hydroxyl groups is 1. The number of β-amino-alcohol motifs (C(OH)–C–C–N with tert-alkyl or cyclic N) is 1. The molecule has 1 saturated carbocycles. The summed E-state index contributed by atoms with van der Waals surface area (Å²) in [6.45, 7) is 2.59. The van der Waals surface area contributed by atoms with Crippen LogP contribution in [0.15, 0.2) is 47.6 Å². The first kappa shape index (κ1) is 23.4. The zero-order chi connectivity index (χ0) is 24.0. The highest BCUT2D eigenvalue weighted by Gasteiger charge is 2.21. The van der Waals surface area contributed by atoms with E-state index in [0.717, 1.165) is 37.4 Å². The van der Waals surface area contributed by atoms with Crippen molar-refractivity contribution in [3.8, 4) is 5.75 Å². The van der Waals surface area contributed by atoms with Crippen LogP contribution in [0.2, 0.25) is 0 Å². The summed E-state index contributed by atoms with van der Waals surface area (Å²) in [4.78, 5) is 27.0. The largest absolute Gasteiger partial charge is 0.486 e. The van der Waals surface area contributed by atoms with Gasteiger partial charge in [0.05, 0.1) is 12.3 Å². The lowest BCUT2D eigenvalue weighted by Gasteiger charge is -2.30. The predicted molar refractivity (Wildman–Crippen MR) is 128 cm³/mol. The number of oxazole rings is 1. The second kappa shape index (κ2) is 11.0. The maximum Gasteiger partial charge on any atom is 0.270 e. The van der Waals surface area contributed by atoms with E-state index in [-0.39, 0.29) is 12.5 Å². The first-order valence-electron chi connectivity index (χ1n) is 12.2. The Hall–Kier alpha value is -3.30. The van der Waals surface area contributed by atoms with Crippen molar-refractivity contribution >= 4 is 5.91 Å². The number of nitrogens with one attached hydrogen (secondary N) is 1. The van der Waals surface area contributed by atoms with Crippen LogP contribution < -0.4 is 10.1 Å². The highest BCUT2D eigenvalue weighted by molar-refractivity contribution is 5.92. The molecule has 184 valence electrons. The Morgan fingerprint density at radius 1 is 1.26 bits per heavy atom. The van der Waals surface area contributed by atoms with Crippen molar-refractivity contribution in [2.75, 3.05) is 19.6 Å². The molecule has 1 atom stereocenters. The maximum atomic E-state index is 12.5. The van der Waals surface area contributed by atoms with Crippen LogP contribution >= 0.6 is 0 Å². The fourth-order valence-electron chi connectivity index (χ4n) is 4.59. The molecule has 2 N–H and O–H groups in total. The van der Waals surface area contributed by atoms with Crippen LogP contribution in [-0.4, -0.2) is 56.6 Å². The van der Waals surface area contributed by atoms with E-state index in [1.54, 1.807) is 12.3 Å². The molecule has 1 aliphatic carbocycles. The number of ether oxygens (including phenoxy) is 1. The van der Waals surface area contributed by atoms with Crippen molar-refractivity contribution in [3.63, 3.8) is 0 Å². The van der Waals surface area contributed by atoms with Gasteiger partial charge in [0, 0.05) is 31.9 Å². The van der Waals surface area contributed by atoms with Crippen LogP contribution in [0, 0.1) is 5.92 Å². The van der Waals surface area contributed by atoms with Gasteiger partial charge in [-0.2, -0.15) is 0 Å². The number of aliphatic hydroxyl groups excluding tert-OH is 1. The van der Waals surface area contributed by atoms with Gasteiger partial charge in [-0.3, -0.25) is 9.69 Å². The van der Waals surface area contributed by atoms with Crippen molar-refractivity contribution in [2.45, 2.75) is 51.4 Å². The lowest BCUT2D eigenvalue weighted by molar-refractivity contribution is 0.0837. The second-order valence-corrected chi connectivity index (χ2v) is 9.43.